The minimum Gasteiger partial charge on any atom is -0.354 e. The minimum atomic E-state index is -0.188. The van der Waals surface area contributed by atoms with E-state index in [9.17, 15) is 4.79 Å². The predicted molar refractivity (Wildman–Crippen MR) is 67.3 cm³/mol. The summed E-state index contributed by atoms with van der Waals surface area (Å²) in [6.45, 7) is 1.32. The molecule has 1 aliphatic heterocycles. The number of hydrogen-bond donors (Lipinski definition) is 2. The zero-order valence-electron chi connectivity index (χ0n) is 8.83. The first-order valence-corrected chi connectivity index (χ1v) is 7.65. The molecule has 1 amide bonds. The third-order valence-electron chi connectivity index (χ3n) is 3.10. The van der Waals surface area contributed by atoms with Gasteiger partial charge >= 0.3 is 0 Å². The molecule has 5 heteroatoms. The van der Waals surface area contributed by atoms with Crippen molar-refractivity contribution in [1.29, 1.82) is 0 Å². The monoisotopic (exact) mass is 246 g/mol. The average molecular weight is 246 g/mol. The van der Waals surface area contributed by atoms with Crippen LogP contribution in [0.3, 0.4) is 0 Å². The predicted octanol–water partition coefficient (Wildman–Crippen LogP) is 0.690. The number of carbonyl (C=O) groups excluding carboxylic acids is 1. The van der Waals surface area contributed by atoms with Crippen LogP contribution < -0.4 is 11.1 Å². The van der Waals surface area contributed by atoms with Gasteiger partial charge in [-0.1, -0.05) is 0 Å². The lowest BCUT2D eigenvalue weighted by molar-refractivity contribution is -0.125. The highest BCUT2D eigenvalue weighted by atomic mass is 32.2. The molecule has 2 rings (SSSR count). The molecular formula is C10H18N2OS2. The van der Waals surface area contributed by atoms with Crippen molar-refractivity contribution in [3.63, 3.8) is 0 Å². The van der Waals surface area contributed by atoms with Crippen LogP contribution >= 0.6 is 23.5 Å². The van der Waals surface area contributed by atoms with Crippen LogP contribution in [0.5, 0.6) is 0 Å². The van der Waals surface area contributed by atoms with Crippen LogP contribution in [0.1, 0.15) is 12.8 Å². The van der Waals surface area contributed by atoms with E-state index in [0.29, 0.717) is 11.8 Å². The van der Waals surface area contributed by atoms with Crippen molar-refractivity contribution >= 4 is 29.4 Å². The molecule has 0 bridgehead atoms. The molecule has 1 atom stereocenters. The van der Waals surface area contributed by atoms with Gasteiger partial charge in [0.05, 0.1) is 5.41 Å². The number of hydrogen-bond acceptors (Lipinski definition) is 4. The molecule has 2 aliphatic rings. The van der Waals surface area contributed by atoms with Gasteiger partial charge in [-0.25, -0.2) is 0 Å². The maximum Gasteiger partial charge on any atom is 0.227 e. The molecule has 0 aromatic rings. The van der Waals surface area contributed by atoms with Crippen molar-refractivity contribution in [2.24, 2.45) is 11.1 Å². The molecule has 3 N–H and O–H groups in total. The fourth-order valence-electron chi connectivity index (χ4n) is 1.72. The number of amides is 1. The number of carbonyl (C=O) groups is 1. The Balaban J connectivity index is 1.70. The summed E-state index contributed by atoms with van der Waals surface area (Å²) in [7, 11) is 0. The maximum absolute atomic E-state index is 11.8. The van der Waals surface area contributed by atoms with Crippen LogP contribution in [0.4, 0.5) is 0 Å². The Labute approximate surface area is 99.3 Å². The van der Waals surface area contributed by atoms with E-state index in [1.54, 1.807) is 0 Å². The summed E-state index contributed by atoms with van der Waals surface area (Å²) in [5.41, 5.74) is 5.42. The SMILES string of the molecule is NCC1(C(=O)NCC2CSCCS2)CC1. The summed E-state index contributed by atoms with van der Waals surface area (Å²) in [6, 6.07) is 0. The first-order valence-electron chi connectivity index (χ1n) is 5.44. The second-order valence-corrected chi connectivity index (χ2v) is 6.82. The zero-order chi connectivity index (χ0) is 10.7. The fraction of sp³-hybridized carbons (Fsp3) is 0.900. The minimum absolute atomic E-state index is 0.182. The van der Waals surface area contributed by atoms with Gasteiger partial charge in [0.25, 0.3) is 0 Å². The highest BCUT2D eigenvalue weighted by molar-refractivity contribution is 8.06. The van der Waals surface area contributed by atoms with Crippen LogP contribution in [-0.4, -0.2) is 41.5 Å². The lowest BCUT2D eigenvalue weighted by Crippen LogP contribution is -2.40. The first-order chi connectivity index (χ1) is 7.27. The fourth-order valence-corrected chi connectivity index (χ4v) is 4.34. The number of nitrogens with two attached hydrogens (primary N) is 1. The van der Waals surface area contributed by atoms with Crippen LogP contribution in [-0.2, 0) is 4.79 Å². The molecule has 0 spiro atoms. The summed E-state index contributed by atoms with van der Waals surface area (Å²) >= 11 is 3.96. The highest BCUT2D eigenvalue weighted by Gasteiger charge is 2.48. The summed E-state index contributed by atoms with van der Waals surface area (Å²) in [4.78, 5) is 11.8. The van der Waals surface area contributed by atoms with Gasteiger partial charge in [-0.05, 0) is 12.8 Å². The second kappa shape index (κ2) is 4.97. The summed E-state index contributed by atoms with van der Waals surface area (Å²) in [6.07, 6.45) is 1.95. The van der Waals surface area contributed by atoms with Gasteiger partial charge < -0.3 is 11.1 Å². The number of thioether (sulfide) groups is 2. The van der Waals surface area contributed by atoms with E-state index < -0.39 is 0 Å². The van der Waals surface area contributed by atoms with Crippen molar-refractivity contribution in [3.05, 3.63) is 0 Å². The number of rotatable bonds is 4. The average Bonchev–Trinajstić information content (AvgIpc) is 3.08. The zero-order valence-corrected chi connectivity index (χ0v) is 10.5. The first kappa shape index (κ1) is 11.6. The number of nitrogens with one attached hydrogen (secondary N) is 1. The molecule has 1 aliphatic carbocycles. The molecule has 0 radical (unpaired) electrons. The van der Waals surface area contributed by atoms with Crippen molar-refractivity contribution < 1.29 is 4.79 Å². The van der Waals surface area contributed by atoms with Gasteiger partial charge in [-0.2, -0.15) is 23.5 Å². The molecule has 2 fully saturated rings. The Morgan fingerprint density at radius 2 is 2.27 bits per heavy atom. The molecule has 3 nitrogen and oxygen atoms in total. The second-order valence-electron chi connectivity index (χ2n) is 4.26. The van der Waals surface area contributed by atoms with Crippen molar-refractivity contribution in [2.75, 3.05) is 30.3 Å². The summed E-state index contributed by atoms with van der Waals surface area (Å²) in [5, 5.41) is 3.65. The van der Waals surface area contributed by atoms with Gasteiger partial charge in [0.15, 0.2) is 0 Å². The molecule has 1 saturated carbocycles. The van der Waals surface area contributed by atoms with Gasteiger partial charge in [0, 0.05) is 35.6 Å². The third kappa shape index (κ3) is 2.82. The smallest absolute Gasteiger partial charge is 0.227 e. The standard InChI is InChI=1S/C10H18N2OS2/c11-7-10(1-2-10)9(13)12-5-8-6-14-3-4-15-8/h8H,1-7,11H2,(H,12,13). The Morgan fingerprint density at radius 3 is 2.80 bits per heavy atom. The third-order valence-corrected chi connectivity index (χ3v) is 5.95. The molecular weight excluding hydrogens is 228 g/mol. The molecule has 1 saturated heterocycles. The van der Waals surface area contributed by atoms with Crippen LogP contribution in [0, 0.1) is 5.41 Å². The summed E-state index contributed by atoms with van der Waals surface area (Å²) in [5.74, 6) is 3.82. The van der Waals surface area contributed by atoms with Gasteiger partial charge in [0.2, 0.25) is 5.91 Å². The van der Waals surface area contributed by atoms with Gasteiger partial charge in [-0.3, -0.25) is 4.79 Å². The molecule has 0 aromatic heterocycles. The molecule has 1 heterocycles. The van der Waals surface area contributed by atoms with Crippen LogP contribution in [0.15, 0.2) is 0 Å². The van der Waals surface area contributed by atoms with E-state index in [1.165, 1.54) is 17.3 Å². The molecule has 1 unspecified atom stereocenters. The molecule has 86 valence electrons. The maximum atomic E-state index is 11.8. The van der Waals surface area contributed by atoms with Gasteiger partial charge in [0.1, 0.15) is 0 Å². The molecule has 0 aromatic carbocycles. The van der Waals surface area contributed by atoms with E-state index in [-0.39, 0.29) is 11.3 Å². The Bertz CT molecular complexity index is 238. The van der Waals surface area contributed by atoms with E-state index >= 15 is 0 Å². The molecule has 15 heavy (non-hydrogen) atoms. The van der Waals surface area contributed by atoms with Crippen molar-refractivity contribution in [3.8, 4) is 0 Å². The van der Waals surface area contributed by atoms with Crippen molar-refractivity contribution in [1.82, 2.24) is 5.32 Å². The highest BCUT2D eigenvalue weighted by Crippen LogP contribution is 2.44. The van der Waals surface area contributed by atoms with Gasteiger partial charge in [-0.15, -0.1) is 0 Å². The lowest BCUT2D eigenvalue weighted by atomic mass is 10.1. The van der Waals surface area contributed by atoms with E-state index in [1.807, 2.05) is 23.5 Å². The summed E-state index contributed by atoms with van der Waals surface area (Å²) < 4.78 is 0. The van der Waals surface area contributed by atoms with E-state index in [2.05, 4.69) is 5.32 Å². The van der Waals surface area contributed by atoms with E-state index in [0.717, 1.165) is 19.4 Å². The largest absolute Gasteiger partial charge is 0.354 e. The Kier molecular flexibility index (Phi) is 3.85. The van der Waals surface area contributed by atoms with E-state index in [4.69, 9.17) is 5.73 Å². The Morgan fingerprint density at radius 1 is 1.47 bits per heavy atom. The quantitative estimate of drug-likeness (QED) is 0.766. The Hall–Kier alpha value is 0.130. The van der Waals surface area contributed by atoms with Crippen LogP contribution in [0.25, 0.3) is 0 Å². The van der Waals surface area contributed by atoms with Crippen molar-refractivity contribution in [2.45, 2.75) is 18.1 Å². The lowest BCUT2D eigenvalue weighted by Gasteiger charge is -2.22. The van der Waals surface area contributed by atoms with Crippen LogP contribution in [0.2, 0.25) is 0 Å². The topological polar surface area (TPSA) is 55.1 Å². The normalized spacial score (nSPS) is 28.5.